The van der Waals surface area contributed by atoms with Crippen LogP contribution in [0.25, 0.3) is 0 Å². The number of benzene rings is 1. The third kappa shape index (κ3) is 3.90. The van der Waals surface area contributed by atoms with Crippen molar-refractivity contribution in [3.05, 3.63) is 42.5 Å². The smallest absolute Gasteiger partial charge is 0.253 e. The second-order valence-electron chi connectivity index (χ2n) is 3.98. The molecule has 104 valence electrons. The van der Waals surface area contributed by atoms with E-state index >= 15 is 0 Å². The number of nitrogens with one attached hydrogen (secondary N) is 1. The lowest BCUT2D eigenvalue weighted by atomic mass is 10.2. The lowest BCUT2D eigenvalue weighted by Crippen LogP contribution is -2.26. The molecule has 0 aliphatic carbocycles. The number of rotatable bonds is 6. The molecule has 1 amide bonds. The zero-order valence-electron chi connectivity index (χ0n) is 11.1. The van der Waals surface area contributed by atoms with E-state index in [0.29, 0.717) is 12.1 Å². The van der Waals surface area contributed by atoms with Gasteiger partial charge >= 0.3 is 0 Å². The molecule has 0 unspecified atom stereocenters. The summed E-state index contributed by atoms with van der Waals surface area (Å²) in [5.74, 6) is -0.134. The van der Waals surface area contributed by atoms with E-state index < -0.39 is 10.0 Å². The standard InChI is InChI=1S/C13H18N2O3S/c1-4-10-14-19(17,18)12-8-6-11(7-9-12)13(16)15(3)5-2/h4,6-9,14H,1,5,10H2,2-3H3. The maximum Gasteiger partial charge on any atom is 0.253 e. The minimum absolute atomic E-state index is 0.130. The topological polar surface area (TPSA) is 66.5 Å². The van der Waals surface area contributed by atoms with Crippen molar-refractivity contribution >= 4 is 15.9 Å². The zero-order chi connectivity index (χ0) is 14.5. The molecular formula is C13H18N2O3S. The number of sulfonamides is 1. The lowest BCUT2D eigenvalue weighted by Gasteiger charge is -2.14. The first-order valence-corrected chi connectivity index (χ1v) is 7.36. The second-order valence-corrected chi connectivity index (χ2v) is 5.75. The first kappa shape index (κ1) is 15.4. The van der Waals surface area contributed by atoms with E-state index in [-0.39, 0.29) is 17.3 Å². The van der Waals surface area contributed by atoms with E-state index in [1.807, 2.05) is 6.92 Å². The Hall–Kier alpha value is -1.66. The molecule has 19 heavy (non-hydrogen) atoms. The third-order valence-electron chi connectivity index (χ3n) is 2.65. The highest BCUT2D eigenvalue weighted by molar-refractivity contribution is 7.89. The average molecular weight is 282 g/mol. The minimum Gasteiger partial charge on any atom is -0.342 e. The fourth-order valence-electron chi connectivity index (χ4n) is 1.39. The summed E-state index contributed by atoms with van der Waals surface area (Å²) in [6.45, 7) is 6.08. The third-order valence-corrected chi connectivity index (χ3v) is 4.09. The van der Waals surface area contributed by atoms with Gasteiger partial charge in [-0.25, -0.2) is 13.1 Å². The molecule has 1 aromatic rings. The Labute approximate surface area is 114 Å². The number of nitrogens with zero attached hydrogens (tertiary/aromatic N) is 1. The van der Waals surface area contributed by atoms with Gasteiger partial charge in [-0.05, 0) is 31.2 Å². The number of hydrogen-bond donors (Lipinski definition) is 1. The Morgan fingerprint density at radius 3 is 2.42 bits per heavy atom. The van der Waals surface area contributed by atoms with Crippen LogP contribution in [0.2, 0.25) is 0 Å². The van der Waals surface area contributed by atoms with Gasteiger partial charge in [-0.1, -0.05) is 6.08 Å². The quantitative estimate of drug-likeness (QED) is 0.798. The van der Waals surface area contributed by atoms with Gasteiger partial charge in [0, 0.05) is 25.7 Å². The molecule has 0 saturated carbocycles. The highest BCUT2D eigenvalue weighted by Gasteiger charge is 2.15. The predicted molar refractivity (Wildman–Crippen MR) is 74.5 cm³/mol. The van der Waals surface area contributed by atoms with Gasteiger partial charge < -0.3 is 4.90 Å². The monoisotopic (exact) mass is 282 g/mol. The first-order valence-electron chi connectivity index (χ1n) is 5.88. The molecule has 1 rings (SSSR count). The van der Waals surface area contributed by atoms with E-state index in [1.54, 1.807) is 11.9 Å². The van der Waals surface area contributed by atoms with Crippen molar-refractivity contribution in [1.82, 2.24) is 9.62 Å². The van der Waals surface area contributed by atoms with Gasteiger partial charge in [-0.2, -0.15) is 0 Å². The molecule has 5 nitrogen and oxygen atoms in total. The minimum atomic E-state index is -3.54. The predicted octanol–water partition coefficient (Wildman–Crippen LogP) is 1.24. The molecule has 0 aromatic heterocycles. The molecule has 0 atom stereocenters. The second kappa shape index (κ2) is 6.49. The van der Waals surface area contributed by atoms with Crippen molar-refractivity contribution in [2.24, 2.45) is 0 Å². The van der Waals surface area contributed by atoms with E-state index in [1.165, 1.54) is 30.3 Å². The zero-order valence-corrected chi connectivity index (χ0v) is 11.9. The Morgan fingerprint density at radius 1 is 1.37 bits per heavy atom. The van der Waals surface area contributed by atoms with E-state index in [4.69, 9.17) is 0 Å². The Kier molecular flexibility index (Phi) is 5.26. The lowest BCUT2D eigenvalue weighted by molar-refractivity contribution is 0.0802. The van der Waals surface area contributed by atoms with Crippen LogP contribution in [0.4, 0.5) is 0 Å². The molecule has 1 aromatic carbocycles. The average Bonchev–Trinajstić information content (AvgIpc) is 2.43. The van der Waals surface area contributed by atoms with Gasteiger partial charge in [-0.3, -0.25) is 4.79 Å². The van der Waals surface area contributed by atoms with Crippen molar-refractivity contribution < 1.29 is 13.2 Å². The van der Waals surface area contributed by atoms with Gasteiger partial charge in [0.15, 0.2) is 0 Å². The summed E-state index contributed by atoms with van der Waals surface area (Å²) in [6.07, 6.45) is 1.46. The van der Waals surface area contributed by atoms with Crippen LogP contribution in [-0.4, -0.2) is 39.4 Å². The van der Waals surface area contributed by atoms with Crippen LogP contribution >= 0.6 is 0 Å². The van der Waals surface area contributed by atoms with Crippen molar-refractivity contribution in [2.75, 3.05) is 20.1 Å². The van der Waals surface area contributed by atoms with Gasteiger partial charge in [0.05, 0.1) is 4.90 Å². The first-order chi connectivity index (χ1) is 8.92. The molecule has 0 fully saturated rings. The van der Waals surface area contributed by atoms with Gasteiger partial charge in [0.1, 0.15) is 0 Å². The van der Waals surface area contributed by atoms with Gasteiger partial charge in [0.25, 0.3) is 5.91 Å². The summed E-state index contributed by atoms with van der Waals surface area (Å²) in [5, 5.41) is 0. The van der Waals surface area contributed by atoms with Crippen LogP contribution in [0, 0.1) is 0 Å². The maximum absolute atomic E-state index is 11.9. The highest BCUT2D eigenvalue weighted by atomic mass is 32.2. The van der Waals surface area contributed by atoms with E-state index in [0.717, 1.165) is 0 Å². The van der Waals surface area contributed by atoms with Crippen LogP contribution in [0.1, 0.15) is 17.3 Å². The van der Waals surface area contributed by atoms with Crippen LogP contribution in [0.3, 0.4) is 0 Å². The number of amides is 1. The normalized spacial score (nSPS) is 11.1. The molecule has 6 heteroatoms. The fourth-order valence-corrected chi connectivity index (χ4v) is 2.39. The van der Waals surface area contributed by atoms with Gasteiger partial charge in [-0.15, -0.1) is 6.58 Å². The summed E-state index contributed by atoms with van der Waals surface area (Å²) in [7, 11) is -1.84. The molecular weight excluding hydrogens is 264 g/mol. The van der Waals surface area contributed by atoms with Crippen molar-refractivity contribution in [3.63, 3.8) is 0 Å². The van der Waals surface area contributed by atoms with Gasteiger partial charge in [0.2, 0.25) is 10.0 Å². The van der Waals surface area contributed by atoms with Crippen molar-refractivity contribution in [1.29, 1.82) is 0 Å². The Bertz CT molecular complexity index is 550. The van der Waals surface area contributed by atoms with Crippen LogP contribution in [0.5, 0.6) is 0 Å². The van der Waals surface area contributed by atoms with Crippen molar-refractivity contribution in [3.8, 4) is 0 Å². The largest absolute Gasteiger partial charge is 0.342 e. The molecule has 0 spiro atoms. The summed E-state index contributed by atoms with van der Waals surface area (Å²) in [4.78, 5) is 13.5. The highest BCUT2D eigenvalue weighted by Crippen LogP contribution is 2.11. The molecule has 1 N–H and O–H groups in total. The summed E-state index contributed by atoms with van der Waals surface area (Å²) in [6, 6.07) is 5.86. The fraction of sp³-hybridized carbons (Fsp3) is 0.308. The van der Waals surface area contributed by atoms with Crippen LogP contribution in [0.15, 0.2) is 41.8 Å². The summed E-state index contributed by atoms with van der Waals surface area (Å²) in [5.41, 5.74) is 0.465. The molecule has 0 radical (unpaired) electrons. The van der Waals surface area contributed by atoms with Crippen LogP contribution in [-0.2, 0) is 10.0 Å². The molecule has 0 aliphatic heterocycles. The molecule has 0 saturated heterocycles. The number of carbonyl (C=O) groups is 1. The Morgan fingerprint density at radius 2 is 1.95 bits per heavy atom. The van der Waals surface area contributed by atoms with E-state index in [9.17, 15) is 13.2 Å². The van der Waals surface area contributed by atoms with Crippen molar-refractivity contribution in [2.45, 2.75) is 11.8 Å². The Balaban J connectivity index is 2.93. The summed E-state index contributed by atoms with van der Waals surface area (Å²) >= 11 is 0. The number of hydrogen-bond acceptors (Lipinski definition) is 3. The molecule has 0 bridgehead atoms. The number of carbonyl (C=O) groups excluding carboxylic acids is 1. The molecule has 0 aliphatic rings. The maximum atomic E-state index is 11.9. The SMILES string of the molecule is C=CCNS(=O)(=O)c1ccc(C(=O)N(C)CC)cc1. The van der Waals surface area contributed by atoms with Crippen LogP contribution < -0.4 is 4.72 Å². The summed E-state index contributed by atoms with van der Waals surface area (Å²) < 4.78 is 26.0. The molecule has 0 heterocycles. The van der Waals surface area contributed by atoms with E-state index in [2.05, 4.69) is 11.3 Å².